The van der Waals surface area contributed by atoms with Crippen LogP contribution in [0.5, 0.6) is 0 Å². The normalized spacial score (nSPS) is 13.7. The number of nitrogens with two attached hydrogens (primary N) is 1. The van der Waals surface area contributed by atoms with E-state index in [0.717, 1.165) is 12.8 Å². The first-order chi connectivity index (χ1) is 5.02. The maximum atomic E-state index is 5.98. The Bertz CT molecular complexity index is 128. The summed E-state index contributed by atoms with van der Waals surface area (Å²) < 4.78 is 0. The lowest BCUT2D eigenvalue weighted by molar-refractivity contribution is 0.575. The first-order valence-electron chi connectivity index (χ1n) is 4.50. The third-order valence-electron chi connectivity index (χ3n) is 1.80. The van der Waals surface area contributed by atoms with Gasteiger partial charge in [-0.25, -0.2) is 0 Å². The lowest BCUT2D eigenvalue weighted by Crippen LogP contribution is -2.34. The minimum atomic E-state index is -0.119. The molecule has 0 radical (unpaired) electrons. The number of rotatable bonds is 4. The van der Waals surface area contributed by atoms with Gasteiger partial charge in [0.25, 0.3) is 0 Å². The van der Waals surface area contributed by atoms with Gasteiger partial charge in [-0.3, -0.25) is 0 Å². The zero-order chi connectivity index (χ0) is 8.91. The number of hydrogen-bond acceptors (Lipinski definition) is 1. The van der Waals surface area contributed by atoms with Crippen molar-refractivity contribution in [2.75, 3.05) is 0 Å². The van der Waals surface area contributed by atoms with E-state index >= 15 is 0 Å². The Kier molecular flexibility index (Phi) is 4.43. The van der Waals surface area contributed by atoms with Crippen molar-refractivity contribution in [1.82, 2.24) is 0 Å². The summed E-state index contributed by atoms with van der Waals surface area (Å²) in [6.07, 6.45) is 5.67. The lowest BCUT2D eigenvalue weighted by Gasteiger charge is -2.22. The summed E-state index contributed by atoms with van der Waals surface area (Å²) in [6.45, 7) is 8.49. The molecule has 0 amide bonds. The molecule has 0 bridgehead atoms. The minimum absolute atomic E-state index is 0.119. The Hall–Kier alpha value is -0.300. The minimum Gasteiger partial charge on any atom is -0.322 e. The van der Waals surface area contributed by atoms with E-state index in [1.54, 1.807) is 0 Å². The van der Waals surface area contributed by atoms with Crippen molar-refractivity contribution < 1.29 is 0 Å². The van der Waals surface area contributed by atoms with Crippen molar-refractivity contribution in [3.05, 3.63) is 11.6 Å². The van der Waals surface area contributed by atoms with Gasteiger partial charge in [0.1, 0.15) is 0 Å². The number of allylic oxidation sites excluding steroid dienone is 1. The third kappa shape index (κ3) is 4.20. The zero-order valence-electron chi connectivity index (χ0n) is 8.28. The van der Waals surface area contributed by atoms with Crippen LogP contribution in [0.4, 0.5) is 0 Å². The molecule has 1 nitrogen and oxygen atoms in total. The standard InChI is InChI=1S/C10H21N/c1-5-7-9(8-6-2)10(3,4)11/h7H,5-6,8,11H2,1-4H3/b9-7+. The second-order valence-electron chi connectivity index (χ2n) is 3.61. The van der Waals surface area contributed by atoms with E-state index < -0.39 is 0 Å². The molecule has 11 heavy (non-hydrogen) atoms. The van der Waals surface area contributed by atoms with Crippen LogP contribution in [0.3, 0.4) is 0 Å². The van der Waals surface area contributed by atoms with Gasteiger partial charge in [-0.2, -0.15) is 0 Å². The molecule has 0 aromatic rings. The SMILES string of the molecule is CC/C=C(\CCC)C(C)(C)N. The van der Waals surface area contributed by atoms with Crippen LogP contribution in [0.2, 0.25) is 0 Å². The van der Waals surface area contributed by atoms with Gasteiger partial charge in [-0.15, -0.1) is 0 Å². The smallest absolute Gasteiger partial charge is 0.0311 e. The van der Waals surface area contributed by atoms with Crippen LogP contribution >= 0.6 is 0 Å². The summed E-state index contributed by atoms with van der Waals surface area (Å²) in [4.78, 5) is 0. The fourth-order valence-corrected chi connectivity index (χ4v) is 1.20. The third-order valence-corrected chi connectivity index (χ3v) is 1.80. The van der Waals surface area contributed by atoms with E-state index in [0.29, 0.717) is 0 Å². The van der Waals surface area contributed by atoms with Crippen molar-refractivity contribution in [3.63, 3.8) is 0 Å². The Morgan fingerprint density at radius 1 is 1.36 bits per heavy atom. The predicted molar refractivity (Wildman–Crippen MR) is 51.5 cm³/mol. The Balaban J connectivity index is 4.22. The van der Waals surface area contributed by atoms with Crippen molar-refractivity contribution in [2.45, 2.75) is 52.5 Å². The molecule has 0 saturated carbocycles. The second-order valence-corrected chi connectivity index (χ2v) is 3.61. The molecular weight excluding hydrogens is 134 g/mol. The van der Waals surface area contributed by atoms with Crippen molar-refractivity contribution in [1.29, 1.82) is 0 Å². The molecule has 0 rings (SSSR count). The molecule has 0 heterocycles. The average Bonchev–Trinajstić information content (AvgIpc) is 1.85. The first kappa shape index (κ1) is 10.7. The number of hydrogen-bond donors (Lipinski definition) is 1. The van der Waals surface area contributed by atoms with Gasteiger partial charge in [0.2, 0.25) is 0 Å². The van der Waals surface area contributed by atoms with Crippen LogP contribution in [0, 0.1) is 0 Å². The molecular formula is C10H21N. The first-order valence-corrected chi connectivity index (χ1v) is 4.50. The van der Waals surface area contributed by atoms with Crippen molar-refractivity contribution >= 4 is 0 Å². The van der Waals surface area contributed by atoms with E-state index in [9.17, 15) is 0 Å². The molecule has 0 fully saturated rings. The quantitative estimate of drug-likeness (QED) is 0.621. The molecule has 0 unspecified atom stereocenters. The van der Waals surface area contributed by atoms with Crippen LogP contribution in [-0.2, 0) is 0 Å². The highest BCUT2D eigenvalue weighted by Gasteiger charge is 2.15. The van der Waals surface area contributed by atoms with Crippen LogP contribution < -0.4 is 5.73 Å². The van der Waals surface area contributed by atoms with E-state index in [4.69, 9.17) is 5.73 Å². The Labute approximate surface area is 70.7 Å². The summed E-state index contributed by atoms with van der Waals surface area (Å²) in [7, 11) is 0. The molecule has 0 aromatic carbocycles. The Morgan fingerprint density at radius 2 is 1.91 bits per heavy atom. The summed E-state index contributed by atoms with van der Waals surface area (Å²) in [6, 6.07) is 0. The summed E-state index contributed by atoms with van der Waals surface area (Å²) in [5.74, 6) is 0. The molecule has 0 aliphatic carbocycles. The highest BCUT2D eigenvalue weighted by molar-refractivity contribution is 5.15. The van der Waals surface area contributed by atoms with Gasteiger partial charge < -0.3 is 5.73 Å². The second kappa shape index (κ2) is 4.55. The summed E-state index contributed by atoms with van der Waals surface area (Å²) in [5, 5.41) is 0. The van der Waals surface area contributed by atoms with Gasteiger partial charge in [0.15, 0.2) is 0 Å². The highest BCUT2D eigenvalue weighted by Crippen LogP contribution is 2.18. The molecule has 1 heteroatoms. The van der Waals surface area contributed by atoms with Gasteiger partial charge >= 0.3 is 0 Å². The predicted octanol–water partition coefficient (Wildman–Crippen LogP) is 2.86. The lowest BCUT2D eigenvalue weighted by atomic mass is 9.91. The fourth-order valence-electron chi connectivity index (χ4n) is 1.20. The van der Waals surface area contributed by atoms with Gasteiger partial charge in [-0.05, 0) is 26.7 Å². The van der Waals surface area contributed by atoms with E-state index in [1.165, 1.54) is 12.0 Å². The van der Waals surface area contributed by atoms with Crippen molar-refractivity contribution in [2.24, 2.45) is 5.73 Å². The molecule has 0 aromatic heterocycles. The van der Waals surface area contributed by atoms with Crippen LogP contribution in [0.15, 0.2) is 11.6 Å². The Morgan fingerprint density at radius 3 is 2.18 bits per heavy atom. The average molecular weight is 155 g/mol. The highest BCUT2D eigenvalue weighted by atomic mass is 14.7. The molecule has 0 aliphatic heterocycles. The van der Waals surface area contributed by atoms with Crippen LogP contribution in [-0.4, -0.2) is 5.54 Å². The van der Waals surface area contributed by atoms with E-state index in [2.05, 4.69) is 33.8 Å². The molecule has 0 aliphatic rings. The monoisotopic (exact) mass is 155 g/mol. The van der Waals surface area contributed by atoms with E-state index in [-0.39, 0.29) is 5.54 Å². The topological polar surface area (TPSA) is 26.0 Å². The fraction of sp³-hybridized carbons (Fsp3) is 0.800. The largest absolute Gasteiger partial charge is 0.322 e. The summed E-state index contributed by atoms with van der Waals surface area (Å²) >= 11 is 0. The molecule has 0 atom stereocenters. The molecule has 2 N–H and O–H groups in total. The molecule has 0 spiro atoms. The van der Waals surface area contributed by atoms with Gasteiger partial charge in [0.05, 0.1) is 0 Å². The van der Waals surface area contributed by atoms with Gasteiger partial charge in [-0.1, -0.05) is 31.9 Å². The maximum Gasteiger partial charge on any atom is 0.0311 e. The van der Waals surface area contributed by atoms with Crippen LogP contribution in [0.1, 0.15) is 47.0 Å². The van der Waals surface area contributed by atoms with Crippen LogP contribution in [0.25, 0.3) is 0 Å². The molecule has 0 saturated heterocycles. The molecule has 66 valence electrons. The van der Waals surface area contributed by atoms with E-state index in [1.807, 2.05) is 0 Å². The van der Waals surface area contributed by atoms with Crippen molar-refractivity contribution in [3.8, 4) is 0 Å². The summed E-state index contributed by atoms with van der Waals surface area (Å²) in [5.41, 5.74) is 7.26. The maximum absolute atomic E-state index is 5.98. The zero-order valence-corrected chi connectivity index (χ0v) is 8.28. The van der Waals surface area contributed by atoms with Gasteiger partial charge in [0, 0.05) is 5.54 Å².